The average molecular weight is 235 g/mol. The molecule has 0 amide bonds. The van der Waals surface area contributed by atoms with Gasteiger partial charge in [0.2, 0.25) is 0 Å². The minimum atomic E-state index is 0.761. The molecule has 0 aliphatic carbocycles. The van der Waals surface area contributed by atoms with E-state index in [1.807, 2.05) is 6.20 Å². The van der Waals surface area contributed by atoms with Crippen molar-refractivity contribution < 1.29 is 0 Å². The molecule has 0 saturated carbocycles. The zero-order chi connectivity index (χ0) is 11.0. The highest BCUT2D eigenvalue weighted by Crippen LogP contribution is 2.29. The summed E-state index contributed by atoms with van der Waals surface area (Å²) in [4.78, 5) is 3.21. The Morgan fingerprint density at radius 2 is 2.31 bits per heavy atom. The minimum absolute atomic E-state index is 0.761. The van der Waals surface area contributed by atoms with Gasteiger partial charge in [-0.3, -0.25) is 0 Å². The van der Waals surface area contributed by atoms with Gasteiger partial charge in [0.25, 0.3) is 0 Å². The highest BCUT2D eigenvalue weighted by molar-refractivity contribution is 6.35. The van der Waals surface area contributed by atoms with Gasteiger partial charge in [-0.15, -0.1) is 0 Å². The number of rotatable bonds is 2. The highest BCUT2D eigenvalue weighted by atomic mass is 35.5. The molecule has 1 atom stereocenters. The fraction of sp³-hybridized carbons (Fsp3) is 0.385. The van der Waals surface area contributed by atoms with Crippen molar-refractivity contribution in [1.82, 2.24) is 10.3 Å². The van der Waals surface area contributed by atoms with Gasteiger partial charge in [0.05, 0.1) is 5.02 Å². The molecule has 1 fully saturated rings. The Hall–Kier alpha value is -0.990. The summed E-state index contributed by atoms with van der Waals surface area (Å²) in [6.07, 6.45) is 4.28. The van der Waals surface area contributed by atoms with E-state index in [2.05, 4.69) is 28.5 Å². The van der Waals surface area contributed by atoms with E-state index in [1.54, 1.807) is 0 Å². The summed E-state index contributed by atoms with van der Waals surface area (Å²) >= 11 is 6.22. The van der Waals surface area contributed by atoms with E-state index in [0.717, 1.165) is 36.0 Å². The number of aromatic amines is 1. The number of halogens is 1. The lowest BCUT2D eigenvalue weighted by Crippen LogP contribution is -2.10. The monoisotopic (exact) mass is 234 g/mol. The van der Waals surface area contributed by atoms with E-state index in [9.17, 15) is 0 Å². The SMILES string of the molecule is Clc1c[nH]c2cccc(CC3CCNC3)c12. The third kappa shape index (κ3) is 1.72. The molecule has 1 aromatic carbocycles. The van der Waals surface area contributed by atoms with Gasteiger partial charge in [-0.2, -0.15) is 0 Å². The van der Waals surface area contributed by atoms with Crippen molar-refractivity contribution in [2.75, 3.05) is 13.1 Å². The summed E-state index contributed by atoms with van der Waals surface area (Å²) in [6, 6.07) is 6.38. The predicted molar refractivity (Wildman–Crippen MR) is 68.0 cm³/mol. The summed E-state index contributed by atoms with van der Waals surface area (Å²) in [7, 11) is 0. The number of aromatic nitrogens is 1. The third-order valence-electron chi connectivity index (χ3n) is 3.41. The second-order valence-corrected chi connectivity index (χ2v) is 4.95. The highest BCUT2D eigenvalue weighted by Gasteiger charge is 2.17. The lowest BCUT2D eigenvalue weighted by atomic mass is 9.96. The molecule has 1 aliphatic rings. The molecule has 0 bridgehead atoms. The van der Waals surface area contributed by atoms with Crippen molar-refractivity contribution in [3.8, 4) is 0 Å². The van der Waals surface area contributed by atoms with Crippen LogP contribution in [-0.4, -0.2) is 18.1 Å². The van der Waals surface area contributed by atoms with Crippen LogP contribution in [0.25, 0.3) is 10.9 Å². The standard InChI is InChI=1S/C13H15ClN2/c14-11-8-16-12-3-1-2-10(13(11)12)6-9-4-5-15-7-9/h1-3,8-9,15-16H,4-7H2. The van der Waals surface area contributed by atoms with E-state index < -0.39 is 0 Å². The Morgan fingerprint density at radius 1 is 1.38 bits per heavy atom. The van der Waals surface area contributed by atoms with Crippen LogP contribution in [0.5, 0.6) is 0 Å². The molecule has 1 aromatic heterocycles. The van der Waals surface area contributed by atoms with E-state index >= 15 is 0 Å². The molecule has 2 heterocycles. The fourth-order valence-electron chi connectivity index (χ4n) is 2.59. The summed E-state index contributed by atoms with van der Waals surface area (Å²) in [5, 5.41) is 5.46. The Kier molecular flexibility index (Phi) is 2.62. The van der Waals surface area contributed by atoms with Crippen LogP contribution in [0.1, 0.15) is 12.0 Å². The van der Waals surface area contributed by atoms with Gasteiger partial charge < -0.3 is 10.3 Å². The summed E-state index contributed by atoms with van der Waals surface area (Å²) < 4.78 is 0. The molecule has 2 aromatic rings. The molecule has 84 valence electrons. The van der Waals surface area contributed by atoms with Crippen molar-refractivity contribution in [3.63, 3.8) is 0 Å². The second kappa shape index (κ2) is 4.11. The number of hydrogen-bond donors (Lipinski definition) is 2. The first kappa shape index (κ1) is 10.2. The Balaban J connectivity index is 1.98. The van der Waals surface area contributed by atoms with Crippen molar-refractivity contribution in [2.45, 2.75) is 12.8 Å². The molecule has 1 unspecified atom stereocenters. The summed E-state index contributed by atoms with van der Waals surface area (Å²) in [6.45, 7) is 2.29. The van der Waals surface area contributed by atoms with Crippen LogP contribution in [0, 0.1) is 5.92 Å². The van der Waals surface area contributed by atoms with Crippen LogP contribution in [0.15, 0.2) is 24.4 Å². The molecule has 1 aliphatic heterocycles. The molecule has 0 spiro atoms. The number of H-pyrrole nitrogens is 1. The van der Waals surface area contributed by atoms with Crippen molar-refractivity contribution >= 4 is 22.5 Å². The predicted octanol–water partition coefficient (Wildman–Crippen LogP) is 2.97. The molecule has 0 radical (unpaired) electrons. The van der Waals surface area contributed by atoms with Crippen LogP contribution in [0.3, 0.4) is 0 Å². The maximum Gasteiger partial charge on any atom is 0.0661 e. The molecule has 2 nitrogen and oxygen atoms in total. The molecule has 2 N–H and O–H groups in total. The van der Waals surface area contributed by atoms with E-state index in [0.29, 0.717) is 0 Å². The van der Waals surface area contributed by atoms with Crippen molar-refractivity contribution in [1.29, 1.82) is 0 Å². The van der Waals surface area contributed by atoms with Gasteiger partial charge in [-0.05, 0) is 43.5 Å². The normalized spacial score (nSPS) is 20.7. The molecule has 16 heavy (non-hydrogen) atoms. The smallest absolute Gasteiger partial charge is 0.0661 e. The van der Waals surface area contributed by atoms with Gasteiger partial charge in [-0.1, -0.05) is 23.7 Å². The zero-order valence-electron chi connectivity index (χ0n) is 9.09. The number of nitrogens with one attached hydrogen (secondary N) is 2. The van der Waals surface area contributed by atoms with E-state index in [4.69, 9.17) is 11.6 Å². The Morgan fingerprint density at radius 3 is 3.12 bits per heavy atom. The fourth-order valence-corrected chi connectivity index (χ4v) is 2.86. The zero-order valence-corrected chi connectivity index (χ0v) is 9.85. The van der Waals surface area contributed by atoms with Gasteiger partial charge in [0.15, 0.2) is 0 Å². The first-order valence-corrected chi connectivity index (χ1v) is 6.17. The topological polar surface area (TPSA) is 27.8 Å². The third-order valence-corrected chi connectivity index (χ3v) is 3.71. The first-order valence-electron chi connectivity index (χ1n) is 5.80. The number of benzene rings is 1. The first-order chi connectivity index (χ1) is 7.84. The van der Waals surface area contributed by atoms with Gasteiger partial charge >= 0.3 is 0 Å². The molecule has 3 rings (SSSR count). The van der Waals surface area contributed by atoms with Crippen LogP contribution in [0.2, 0.25) is 5.02 Å². The maximum atomic E-state index is 6.22. The van der Waals surface area contributed by atoms with Crippen LogP contribution in [-0.2, 0) is 6.42 Å². The minimum Gasteiger partial charge on any atom is -0.360 e. The molecule has 1 saturated heterocycles. The quantitative estimate of drug-likeness (QED) is 0.822. The Bertz CT molecular complexity index is 498. The second-order valence-electron chi connectivity index (χ2n) is 4.54. The van der Waals surface area contributed by atoms with Gasteiger partial charge in [0, 0.05) is 17.1 Å². The lowest BCUT2D eigenvalue weighted by Gasteiger charge is -2.09. The molecular formula is C13H15ClN2. The van der Waals surface area contributed by atoms with Crippen LogP contribution in [0.4, 0.5) is 0 Å². The molecule has 3 heteroatoms. The molecular weight excluding hydrogens is 220 g/mol. The van der Waals surface area contributed by atoms with Gasteiger partial charge in [0.1, 0.15) is 0 Å². The van der Waals surface area contributed by atoms with Crippen molar-refractivity contribution in [2.24, 2.45) is 5.92 Å². The summed E-state index contributed by atoms with van der Waals surface area (Å²) in [5.41, 5.74) is 2.52. The maximum absolute atomic E-state index is 6.22. The number of hydrogen-bond acceptors (Lipinski definition) is 1. The lowest BCUT2D eigenvalue weighted by molar-refractivity contribution is 0.582. The summed E-state index contributed by atoms with van der Waals surface area (Å²) in [5.74, 6) is 0.761. The van der Waals surface area contributed by atoms with Crippen LogP contribution < -0.4 is 5.32 Å². The number of fused-ring (bicyclic) bond motifs is 1. The van der Waals surface area contributed by atoms with Gasteiger partial charge in [-0.25, -0.2) is 0 Å². The average Bonchev–Trinajstić information content (AvgIpc) is 2.90. The van der Waals surface area contributed by atoms with Crippen molar-refractivity contribution in [3.05, 3.63) is 35.0 Å². The van der Waals surface area contributed by atoms with E-state index in [1.165, 1.54) is 17.4 Å². The van der Waals surface area contributed by atoms with E-state index in [-0.39, 0.29) is 0 Å². The van der Waals surface area contributed by atoms with Crippen LogP contribution >= 0.6 is 11.6 Å². The Labute approximate surface area is 100.0 Å². The largest absolute Gasteiger partial charge is 0.360 e.